The van der Waals surface area contributed by atoms with E-state index in [1.165, 1.54) is 11.1 Å². The zero-order valence-electron chi connectivity index (χ0n) is 12.0. The Hall–Kier alpha value is -0.900. The van der Waals surface area contributed by atoms with Crippen molar-refractivity contribution >= 4 is 0 Å². The maximum atomic E-state index is 6.08. The molecule has 0 saturated carbocycles. The molecule has 2 atom stereocenters. The zero-order valence-corrected chi connectivity index (χ0v) is 12.0. The molecular formula is C16H25NO2. The van der Waals surface area contributed by atoms with Crippen molar-refractivity contribution in [1.29, 1.82) is 0 Å². The molecule has 0 radical (unpaired) electrons. The van der Waals surface area contributed by atoms with Crippen LogP contribution in [-0.4, -0.2) is 24.9 Å². The Bertz CT molecular complexity index is 384. The molecule has 3 heteroatoms. The van der Waals surface area contributed by atoms with Crippen LogP contribution in [0.5, 0.6) is 0 Å². The van der Waals surface area contributed by atoms with Crippen LogP contribution in [-0.2, 0) is 22.5 Å². The summed E-state index contributed by atoms with van der Waals surface area (Å²) in [5, 5.41) is 0. The van der Waals surface area contributed by atoms with Crippen molar-refractivity contribution < 1.29 is 9.47 Å². The lowest BCUT2D eigenvalue weighted by atomic mass is 10.0. The fourth-order valence-electron chi connectivity index (χ4n) is 2.79. The fourth-order valence-corrected chi connectivity index (χ4v) is 2.79. The molecule has 1 aromatic carbocycles. The predicted octanol–water partition coefficient (Wildman–Crippen LogP) is 2.66. The van der Waals surface area contributed by atoms with Gasteiger partial charge in [0.2, 0.25) is 0 Å². The van der Waals surface area contributed by atoms with Gasteiger partial charge < -0.3 is 15.2 Å². The van der Waals surface area contributed by atoms with Crippen LogP contribution in [0.2, 0.25) is 0 Å². The molecule has 0 amide bonds. The second-order valence-electron chi connectivity index (χ2n) is 5.47. The Kier molecular flexibility index (Phi) is 5.37. The molecule has 1 heterocycles. The molecule has 3 nitrogen and oxygen atoms in total. The Morgan fingerprint density at radius 1 is 1.16 bits per heavy atom. The van der Waals surface area contributed by atoms with Gasteiger partial charge in [-0.15, -0.1) is 0 Å². The lowest BCUT2D eigenvalue weighted by Crippen LogP contribution is -2.34. The summed E-state index contributed by atoms with van der Waals surface area (Å²) in [6.45, 7) is 5.60. The van der Waals surface area contributed by atoms with Crippen molar-refractivity contribution in [2.45, 2.75) is 58.0 Å². The van der Waals surface area contributed by atoms with Crippen LogP contribution >= 0.6 is 0 Å². The summed E-state index contributed by atoms with van der Waals surface area (Å²) in [7, 11) is 0. The molecule has 0 spiro atoms. The molecule has 2 N–H and O–H groups in total. The molecule has 2 unspecified atom stereocenters. The van der Waals surface area contributed by atoms with E-state index in [-0.39, 0.29) is 0 Å². The van der Waals surface area contributed by atoms with E-state index in [0.29, 0.717) is 31.5 Å². The summed E-state index contributed by atoms with van der Waals surface area (Å²) in [5.74, 6) is 0. The minimum atomic E-state index is 0.299. The standard InChI is InChI=1S/C16H25NO2/c1-12-9-16(10-13(2)19-12)18-11-15-6-4-3-5-14(15)7-8-17/h3-6,12-13,16H,7-11,17H2,1-2H3. The average molecular weight is 263 g/mol. The highest BCUT2D eigenvalue weighted by Gasteiger charge is 2.24. The van der Waals surface area contributed by atoms with E-state index in [1.54, 1.807) is 0 Å². The van der Waals surface area contributed by atoms with Crippen molar-refractivity contribution in [3.8, 4) is 0 Å². The van der Waals surface area contributed by atoms with Crippen molar-refractivity contribution in [1.82, 2.24) is 0 Å². The number of nitrogens with two attached hydrogens (primary N) is 1. The zero-order chi connectivity index (χ0) is 13.7. The van der Waals surface area contributed by atoms with Gasteiger partial charge in [-0.25, -0.2) is 0 Å². The van der Waals surface area contributed by atoms with Gasteiger partial charge in [0.25, 0.3) is 0 Å². The normalized spacial score (nSPS) is 27.4. The third-order valence-corrected chi connectivity index (χ3v) is 3.66. The molecule has 106 valence electrons. The van der Waals surface area contributed by atoms with Gasteiger partial charge in [0, 0.05) is 0 Å². The van der Waals surface area contributed by atoms with E-state index >= 15 is 0 Å². The van der Waals surface area contributed by atoms with Gasteiger partial charge in [-0.2, -0.15) is 0 Å². The Morgan fingerprint density at radius 3 is 2.42 bits per heavy atom. The van der Waals surface area contributed by atoms with Crippen molar-refractivity contribution in [2.75, 3.05) is 6.54 Å². The summed E-state index contributed by atoms with van der Waals surface area (Å²) >= 11 is 0. The van der Waals surface area contributed by atoms with E-state index < -0.39 is 0 Å². The third kappa shape index (κ3) is 4.30. The summed E-state index contributed by atoms with van der Waals surface area (Å²) < 4.78 is 11.8. The van der Waals surface area contributed by atoms with Crippen LogP contribution in [0.15, 0.2) is 24.3 Å². The van der Waals surface area contributed by atoms with Gasteiger partial charge in [0.1, 0.15) is 0 Å². The molecule has 1 aliphatic heterocycles. The smallest absolute Gasteiger partial charge is 0.0723 e. The first-order chi connectivity index (χ1) is 9.19. The third-order valence-electron chi connectivity index (χ3n) is 3.66. The van der Waals surface area contributed by atoms with E-state index in [4.69, 9.17) is 15.2 Å². The number of ether oxygens (including phenoxy) is 2. The van der Waals surface area contributed by atoms with Crippen LogP contribution < -0.4 is 5.73 Å². The molecule has 0 bridgehead atoms. The first kappa shape index (κ1) is 14.5. The average Bonchev–Trinajstić information content (AvgIpc) is 2.37. The topological polar surface area (TPSA) is 44.5 Å². The molecule has 2 rings (SSSR count). The molecular weight excluding hydrogens is 238 g/mol. The van der Waals surface area contributed by atoms with Crippen LogP contribution in [0.25, 0.3) is 0 Å². The van der Waals surface area contributed by atoms with Gasteiger partial charge in [0.05, 0.1) is 24.9 Å². The maximum absolute atomic E-state index is 6.08. The highest BCUT2D eigenvalue weighted by molar-refractivity contribution is 5.26. The molecule has 0 aromatic heterocycles. The molecule has 1 aromatic rings. The van der Waals surface area contributed by atoms with Crippen molar-refractivity contribution in [3.05, 3.63) is 35.4 Å². The van der Waals surface area contributed by atoms with E-state index in [1.807, 2.05) is 0 Å². The highest BCUT2D eigenvalue weighted by atomic mass is 16.5. The summed E-state index contributed by atoms with van der Waals surface area (Å²) in [4.78, 5) is 0. The highest BCUT2D eigenvalue weighted by Crippen LogP contribution is 2.23. The number of hydrogen-bond acceptors (Lipinski definition) is 3. The maximum Gasteiger partial charge on any atom is 0.0723 e. The van der Waals surface area contributed by atoms with Gasteiger partial charge >= 0.3 is 0 Å². The molecule has 19 heavy (non-hydrogen) atoms. The fraction of sp³-hybridized carbons (Fsp3) is 0.625. The summed E-state index contributed by atoms with van der Waals surface area (Å²) in [6, 6.07) is 8.40. The van der Waals surface area contributed by atoms with Crippen LogP contribution in [0.1, 0.15) is 37.8 Å². The van der Waals surface area contributed by atoms with E-state index in [9.17, 15) is 0 Å². The summed E-state index contributed by atoms with van der Waals surface area (Å²) in [5.41, 5.74) is 8.21. The Morgan fingerprint density at radius 2 is 1.79 bits per heavy atom. The monoisotopic (exact) mass is 263 g/mol. The number of hydrogen-bond donors (Lipinski definition) is 1. The minimum absolute atomic E-state index is 0.299. The van der Waals surface area contributed by atoms with Crippen LogP contribution in [0.4, 0.5) is 0 Å². The number of benzene rings is 1. The number of rotatable bonds is 5. The van der Waals surface area contributed by atoms with Gasteiger partial charge in [-0.1, -0.05) is 24.3 Å². The SMILES string of the molecule is CC1CC(OCc2ccccc2CCN)CC(C)O1. The second kappa shape index (κ2) is 7.04. The Labute approximate surface area is 116 Å². The van der Waals surface area contributed by atoms with E-state index in [0.717, 1.165) is 19.3 Å². The van der Waals surface area contributed by atoms with Crippen LogP contribution in [0, 0.1) is 0 Å². The molecule has 1 fully saturated rings. The first-order valence-electron chi connectivity index (χ1n) is 7.23. The molecule has 0 aliphatic carbocycles. The first-order valence-corrected chi connectivity index (χ1v) is 7.23. The van der Waals surface area contributed by atoms with E-state index in [2.05, 4.69) is 38.1 Å². The van der Waals surface area contributed by atoms with Crippen molar-refractivity contribution in [3.63, 3.8) is 0 Å². The molecule has 1 aliphatic rings. The van der Waals surface area contributed by atoms with Gasteiger partial charge in [0.15, 0.2) is 0 Å². The van der Waals surface area contributed by atoms with Gasteiger partial charge in [-0.3, -0.25) is 0 Å². The quantitative estimate of drug-likeness (QED) is 0.888. The molecule has 1 saturated heterocycles. The summed E-state index contributed by atoms with van der Waals surface area (Å²) in [6.07, 6.45) is 3.80. The van der Waals surface area contributed by atoms with Crippen LogP contribution in [0.3, 0.4) is 0 Å². The Balaban J connectivity index is 1.91. The van der Waals surface area contributed by atoms with Crippen molar-refractivity contribution in [2.24, 2.45) is 5.73 Å². The predicted molar refractivity (Wildman–Crippen MR) is 77.0 cm³/mol. The lowest BCUT2D eigenvalue weighted by molar-refractivity contribution is -0.106. The largest absolute Gasteiger partial charge is 0.375 e. The second-order valence-corrected chi connectivity index (χ2v) is 5.47. The lowest BCUT2D eigenvalue weighted by Gasteiger charge is -2.32. The van der Waals surface area contributed by atoms with Gasteiger partial charge in [-0.05, 0) is 50.8 Å². The minimum Gasteiger partial charge on any atom is -0.375 e.